The third-order valence-electron chi connectivity index (χ3n) is 5.08. The predicted octanol–water partition coefficient (Wildman–Crippen LogP) is 4.69. The Labute approximate surface area is 131 Å². The van der Waals surface area contributed by atoms with Crippen LogP contribution in [0.1, 0.15) is 53.9 Å². The zero-order valence-electron chi connectivity index (χ0n) is 12.2. The molecule has 2 unspecified atom stereocenters. The van der Waals surface area contributed by atoms with Gasteiger partial charge in [0.1, 0.15) is 0 Å². The Morgan fingerprint density at radius 3 is 2.76 bits per heavy atom. The Morgan fingerprint density at radius 2 is 1.95 bits per heavy atom. The fourth-order valence-corrected chi connectivity index (χ4v) is 4.32. The van der Waals surface area contributed by atoms with Crippen molar-refractivity contribution in [2.45, 2.75) is 49.9 Å². The molecule has 110 valence electrons. The van der Waals surface area contributed by atoms with Crippen molar-refractivity contribution in [3.05, 3.63) is 53.3 Å². The Kier molecular flexibility index (Phi) is 3.50. The Hall–Kier alpha value is -1.28. The van der Waals surface area contributed by atoms with Crippen LogP contribution in [0.4, 0.5) is 0 Å². The van der Waals surface area contributed by atoms with Crippen molar-refractivity contribution < 1.29 is 0 Å². The summed E-state index contributed by atoms with van der Waals surface area (Å²) in [7, 11) is 0. The summed E-state index contributed by atoms with van der Waals surface area (Å²) >= 11 is 6.66. The third kappa shape index (κ3) is 2.50. The largest absolute Gasteiger partial charge is 0.269 e. The Bertz CT molecular complexity index is 628. The highest BCUT2D eigenvalue weighted by Gasteiger charge is 2.31. The van der Waals surface area contributed by atoms with Crippen molar-refractivity contribution in [2.24, 2.45) is 5.92 Å². The predicted molar refractivity (Wildman–Crippen MR) is 85.7 cm³/mol. The molecule has 1 heterocycles. The van der Waals surface area contributed by atoms with Crippen molar-refractivity contribution in [1.82, 2.24) is 9.78 Å². The van der Waals surface area contributed by atoms with E-state index < -0.39 is 0 Å². The van der Waals surface area contributed by atoms with Crippen LogP contribution >= 0.6 is 11.6 Å². The lowest BCUT2D eigenvalue weighted by Gasteiger charge is -2.13. The first-order valence-electron chi connectivity index (χ1n) is 8.07. The average molecular weight is 301 g/mol. The van der Waals surface area contributed by atoms with Gasteiger partial charge in [-0.1, -0.05) is 37.1 Å². The minimum atomic E-state index is 0.137. The van der Waals surface area contributed by atoms with E-state index in [9.17, 15) is 0 Å². The minimum absolute atomic E-state index is 0.137. The molecule has 2 aliphatic carbocycles. The van der Waals surface area contributed by atoms with Crippen LogP contribution in [-0.4, -0.2) is 9.78 Å². The maximum Gasteiger partial charge on any atom is 0.0628 e. The molecule has 0 radical (unpaired) electrons. The highest BCUT2D eigenvalue weighted by Crippen LogP contribution is 2.42. The fraction of sp³-hybridized carbons (Fsp3) is 0.500. The molecule has 0 saturated heterocycles. The molecule has 0 N–H and O–H groups in total. The zero-order valence-corrected chi connectivity index (χ0v) is 13.0. The number of hydrogen-bond acceptors (Lipinski definition) is 1. The van der Waals surface area contributed by atoms with Gasteiger partial charge in [-0.2, -0.15) is 5.10 Å². The topological polar surface area (TPSA) is 17.8 Å². The van der Waals surface area contributed by atoms with Gasteiger partial charge in [0.05, 0.1) is 17.1 Å². The Balaban J connectivity index is 1.47. The van der Waals surface area contributed by atoms with Gasteiger partial charge >= 0.3 is 0 Å². The first-order valence-corrected chi connectivity index (χ1v) is 8.51. The van der Waals surface area contributed by atoms with E-state index in [2.05, 4.69) is 41.2 Å². The molecule has 1 aromatic carbocycles. The number of benzene rings is 1. The van der Waals surface area contributed by atoms with Crippen molar-refractivity contribution in [3.8, 4) is 0 Å². The van der Waals surface area contributed by atoms with Crippen molar-refractivity contribution in [1.29, 1.82) is 0 Å². The van der Waals surface area contributed by atoms with Gasteiger partial charge in [0, 0.05) is 6.20 Å². The second-order valence-corrected chi connectivity index (χ2v) is 6.96. The SMILES string of the molecule is ClC1c2ccccc2CC1Cc1ccn(C2CCCC2)n1. The number of alkyl halides is 1. The van der Waals surface area contributed by atoms with E-state index in [1.165, 1.54) is 42.5 Å². The smallest absolute Gasteiger partial charge is 0.0628 e. The van der Waals surface area contributed by atoms with Crippen LogP contribution in [-0.2, 0) is 12.8 Å². The van der Waals surface area contributed by atoms with Gasteiger partial charge in [-0.3, -0.25) is 4.68 Å². The summed E-state index contributed by atoms with van der Waals surface area (Å²) in [5, 5.41) is 4.95. The summed E-state index contributed by atoms with van der Waals surface area (Å²) in [6, 6.07) is 11.4. The zero-order chi connectivity index (χ0) is 14.2. The molecule has 0 amide bonds. The van der Waals surface area contributed by atoms with Gasteiger partial charge < -0.3 is 0 Å². The van der Waals surface area contributed by atoms with E-state index >= 15 is 0 Å². The van der Waals surface area contributed by atoms with Gasteiger partial charge in [0.2, 0.25) is 0 Å². The first-order chi connectivity index (χ1) is 10.3. The molecule has 0 spiro atoms. The van der Waals surface area contributed by atoms with Crippen LogP contribution in [0.3, 0.4) is 0 Å². The molecule has 1 aromatic heterocycles. The van der Waals surface area contributed by atoms with E-state index in [4.69, 9.17) is 16.7 Å². The number of hydrogen-bond donors (Lipinski definition) is 0. The van der Waals surface area contributed by atoms with E-state index in [1.807, 2.05) is 0 Å². The molecule has 21 heavy (non-hydrogen) atoms. The van der Waals surface area contributed by atoms with E-state index in [-0.39, 0.29) is 5.38 Å². The molecular weight excluding hydrogens is 280 g/mol. The summed E-state index contributed by atoms with van der Waals surface area (Å²) in [4.78, 5) is 0. The molecule has 0 aliphatic heterocycles. The van der Waals surface area contributed by atoms with Crippen molar-refractivity contribution in [3.63, 3.8) is 0 Å². The van der Waals surface area contributed by atoms with E-state index in [1.54, 1.807) is 0 Å². The number of fused-ring (bicyclic) bond motifs is 1. The number of rotatable bonds is 3. The quantitative estimate of drug-likeness (QED) is 0.752. The van der Waals surface area contributed by atoms with Crippen molar-refractivity contribution >= 4 is 11.6 Å². The lowest BCUT2D eigenvalue weighted by molar-refractivity contribution is 0.455. The summed E-state index contributed by atoms with van der Waals surface area (Å²) in [5.74, 6) is 0.482. The maximum atomic E-state index is 6.66. The molecule has 2 aromatic rings. The first kappa shape index (κ1) is 13.4. The van der Waals surface area contributed by atoms with Gasteiger partial charge in [-0.25, -0.2) is 0 Å². The van der Waals surface area contributed by atoms with E-state index in [0.29, 0.717) is 12.0 Å². The number of aromatic nitrogens is 2. The minimum Gasteiger partial charge on any atom is -0.269 e. The monoisotopic (exact) mass is 300 g/mol. The second-order valence-electron chi connectivity index (χ2n) is 6.49. The van der Waals surface area contributed by atoms with Crippen LogP contribution in [0.25, 0.3) is 0 Å². The molecule has 2 aliphatic rings. The van der Waals surface area contributed by atoms with Crippen LogP contribution in [0.15, 0.2) is 36.5 Å². The third-order valence-corrected chi connectivity index (χ3v) is 5.67. The molecule has 1 saturated carbocycles. The summed E-state index contributed by atoms with van der Waals surface area (Å²) < 4.78 is 2.19. The van der Waals surface area contributed by atoms with Crippen LogP contribution in [0, 0.1) is 5.92 Å². The number of nitrogens with zero attached hydrogens (tertiary/aromatic N) is 2. The van der Waals surface area contributed by atoms with E-state index in [0.717, 1.165) is 12.8 Å². The van der Waals surface area contributed by atoms with Gasteiger partial charge in [-0.05, 0) is 48.8 Å². The maximum absolute atomic E-state index is 6.66. The molecule has 1 fully saturated rings. The molecule has 4 rings (SSSR count). The Morgan fingerprint density at radius 1 is 1.14 bits per heavy atom. The molecule has 3 heteroatoms. The normalized spacial score (nSPS) is 25.4. The highest BCUT2D eigenvalue weighted by atomic mass is 35.5. The number of halogens is 1. The van der Waals surface area contributed by atoms with Crippen LogP contribution in [0.5, 0.6) is 0 Å². The lowest BCUT2D eigenvalue weighted by atomic mass is 10.00. The standard InChI is InChI=1S/C18H21ClN2/c19-18-14(11-13-5-1-4-8-17(13)18)12-15-9-10-21(20-15)16-6-2-3-7-16/h1,4-5,8-10,14,16,18H,2-3,6-7,11-12H2. The molecule has 2 nitrogen and oxygen atoms in total. The molecular formula is C18H21ClN2. The lowest BCUT2D eigenvalue weighted by Crippen LogP contribution is -2.09. The second kappa shape index (κ2) is 5.49. The molecule has 0 bridgehead atoms. The summed E-state index contributed by atoms with van der Waals surface area (Å²) in [5.41, 5.74) is 3.93. The average Bonchev–Trinajstić information content (AvgIpc) is 3.21. The van der Waals surface area contributed by atoms with Gasteiger partial charge in [-0.15, -0.1) is 11.6 Å². The fourth-order valence-electron chi connectivity index (χ4n) is 3.93. The van der Waals surface area contributed by atoms with Crippen molar-refractivity contribution in [2.75, 3.05) is 0 Å². The van der Waals surface area contributed by atoms with Crippen LogP contribution < -0.4 is 0 Å². The van der Waals surface area contributed by atoms with Crippen LogP contribution in [0.2, 0.25) is 0 Å². The van der Waals surface area contributed by atoms with Gasteiger partial charge in [0.15, 0.2) is 0 Å². The summed E-state index contributed by atoms with van der Waals surface area (Å²) in [6.45, 7) is 0. The highest BCUT2D eigenvalue weighted by molar-refractivity contribution is 6.21. The van der Waals surface area contributed by atoms with Gasteiger partial charge in [0.25, 0.3) is 0 Å². The summed E-state index contributed by atoms with van der Waals surface area (Å²) in [6.07, 6.45) is 9.51. The molecule has 2 atom stereocenters.